The highest BCUT2D eigenvalue weighted by molar-refractivity contribution is 6.06. The molecule has 12 heteroatoms. The van der Waals surface area contributed by atoms with Crippen LogP contribution in [0.4, 0.5) is 18.9 Å². The van der Waals surface area contributed by atoms with Crippen molar-refractivity contribution >= 4 is 23.4 Å². The minimum absolute atomic E-state index is 0.122. The average molecular weight is 500 g/mol. The quantitative estimate of drug-likeness (QED) is 0.497. The van der Waals surface area contributed by atoms with Crippen molar-refractivity contribution in [3.8, 4) is 17.2 Å². The summed E-state index contributed by atoms with van der Waals surface area (Å²) >= 11 is 0. The number of amides is 3. The van der Waals surface area contributed by atoms with Gasteiger partial charge in [-0.05, 0) is 36.8 Å². The Hall–Kier alpha value is -4.35. The van der Waals surface area contributed by atoms with Crippen molar-refractivity contribution < 1.29 is 36.7 Å². The molecule has 2 aliphatic rings. The third-order valence-electron chi connectivity index (χ3n) is 5.90. The van der Waals surface area contributed by atoms with E-state index in [4.69, 9.17) is 4.42 Å². The molecule has 9 nitrogen and oxygen atoms in total. The summed E-state index contributed by atoms with van der Waals surface area (Å²) in [7, 11) is 0. The maximum absolute atomic E-state index is 12.9. The van der Waals surface area contributed by atoms with Gasteiger partial charge in [0.05, 0.1) is 12.7 Å². The number of hydrogen-bond donors (Lipinski definition) is 2. The van der Waals surface area contributed by atoms with Gasteiger partial charge in [-0.1, -0.05) is 12.1 Å². The summed E-state index contributed by atoms with van der Waals surface area (Å²) in [5.74, 6) is -0.975. The maximum atomic E-state index is 12.9. The number of fused-ring (bicyclic) bond motifs is 1. The van der Waals surface area contributed by atoms with Crippen LogP contribution in [0.1, 0.15) is 34.5 Å². The van der Waals surface area contributed by atoms with Crippen molar-refractivity contribution in [2.75, 3.05) is 5.32 Å². The first-order chi connectivity index (χ1) is 17.2. The lowest BCUT2D eigenvalue weighted by molar-refractivity contribution is -0.274. The number of anilines is 1. The van der Waals surface area contributed by atoms with Gasteiger partial charge in [0.15, 0.2) is 0 Å². The number of carbonyl (C=O) groups is 3. The van der Waals surface area contributed by atoms with Crippen LogP contribution < -0.4 is 15.4 Å². The Morgan fingerprint density at radius 2 is 1.97 bits per heavy atom. The second kappa shape index (κ2) is 9.02. The van der Waals surface area contributed by atoms with E-state index in [1.165, 1.54) is 29.3 Å². The molecule has 0 spiro atoms. The van der Waals surface area contributed by atoms with E-state index in [0.717, 1.165) is 0 Å². The van der Waals surface area contributed by atoms with Crippen molar-refractivity contribution in [1.29, 1.82) is 0 Å². The van der Waals surface area contributed by atoms with Crippen molar-refractivity contribution in [2.24, 2.45) is 0 Å². The highest BCUT2D eigenvalue weighted by Crippen LogP contribution is 2.33. The summed E-state index contributed by atoms with van der Waals surface area (Å²) in [6.07, 6.45) is -2.93. The van der Waals surface area contributed by atoms with Gasteiger partial charge in [0.2, 0.25) is 17.7 Å². The molecule has 5 rings (SSSR count). The fourth-order valence-electron chi connectivity index (χ4n) is 4.28. The lowest BCUT2D eigenvalue weighted by Gasteiger charge is -2.29. The van der Waals surface area contributed by atoms with Gasteiger partial charge in [-0.15, -0.1) is 13.2 Å². The number of benzene rings is 2. The van der Waals surface area contributed by atoms with Gasteiger partial charge in [0, 0.05) is 35.3 Å². The molecule has 2 aliphatic heterocycles. The van der Waals surface area contributed by atoms with Crippen molar-refractivity contribution in [2.45, 2.75) is 38.3 Å². The van der Waals surface area contributed by atoms with Crippen LogP contribution >= 0.6 is 0 Å². The van der Waals surface area contributed by atoms with Crippen molar-refractivity contribution in [1.82, 2.24) is 15.2 Å². The molecule has 186 valence electrons. The zero-order valence-electron chi connectivity index (χ0n) is 18.6. The highest BCUT2D eigenvalue weighted by atomic mass is 19.4. The Kier molecular flexibility index (Phi) is 5.86. The van der Waals surface area contributed by atoms with Crippen LogP contribution in [0, 0.1) is 0 Å². The van der Waals surface area contributed by atoms with Crippen LogP contribution in [-0.2, 0) is 22.7 Å². The van der Waals surface area contributed by atoms with Crippen molar-refractivity contribution in [3.63, 3.8) is 0 Å². The minimum Gasteiger partial charge on any atom is -0.439 e. The van der Waals surface area contributed by atoms with E-state index in [-0.39, 0.29) is 49.4 Å². The predicted molar refractivity (Wildman–Crippen MR) is 118 cm³/mol. The van der Waals surface area contributed by atoms with Gasteiger partial charge in [-0.3, -0.25) is 19.7 Å². The number of ether oxygens (including phenoxy) is 1. The van der Waals surface area contributed by atoms with E-state index >= 15 is 0 Å². The molecule has 1 saturated heterocycles. The molecule has 0 radical (unpaired) electrons. The monoisotopic (exact) mass is 500 g/mol. The van der Waals surface area contributed by atoms with Gasteiger partial charge in [0.1, 0.15) is 17.6 Å². The number of piperidine rings is 1. The maximum Gasteiger partial charge on any atom is 0.573 e. The number of oxazole rings is 1. The van der Waals surface area contributed by atoms with Crippen LogP contribution in [0.2, 0.25) is 0 Å². The molecule has 3 amide bonds. The first-order valence-electron chi connectivity index (χ1n) is 11.0. The van der Waals surface area contributed by atoms with Crippen LogP contribution in [0.15, 0.2) is 53.1 Å². The second-order valence-electron chi connectivity index (χ2n) is 8.29. The Labute approximate surface area is 202 Å². The van der Waals surface area contributed by atoms with Gasteiger partial charge in [-0.25, -0.2) is 4.98 Å². The normalized spacial score (nSPS) is 17.7. The average Bonchev–Trinajstić information content (AvgIpc) is 3.42. The molecule has 0 bridgehead atoms. The molecular weight excluding hydrogens is 481 g/mol. The predicted octanol–water partition coefficient (Wildman–Crippen LogP) is 3.61. The Bertz CT molecular complexity index is 1350. The summed E-state index contributed by atoms with van der Waals surface area (Å²) in [6, 6.07) is 9.76. The van der Waals surface area contributed by atoms with E-state index < -0.39 is 18.3 Å². The van der Waals surface area contributed by atoms with Gasteiger partial charge in [-0.2, -0.15) is 0 Å². The zero-order valence-corrected chi connectivity index (χ0v) is 18.6. The first-order valence-corrected chi connectivity index (χ1v) is 11.0. The number of rotatable bonds is 6. The summed E-state index contributed by atoms with van der Waals surface area (Å²) in [5, 5.41) is 5.46. The Balaban J connectivity index is 1.28. The molecule has 1 atom stereocenters. The molecule has 0 aliphatic carbocycles. The molecule has 3 aromatic rings. The third kappa shape index (κ3) is 4.74. The first kappa shape index (κ1) is 23.4. The van der Waals surface area contributed by atoms with Crippen LogP contribution in [-0.4, -0.2) is 40.0 Å². The molecule has 2 N–H and O–H groups in total. The Morgan fingerprint density at radius 1 is 1.17 bits per heavy atom. The molecule has 3 heterocycles. The minimum atomic E-state index is -4.81. The fraction of sp³-hybridized carbons (Fsp3) is 0.250. The van der Waals surface area contributed by atoms with E-state index in [9.17, 15) is 27.6 Å². The highest BCUT2D eigenvalue weighted by Gasteiger charge is 2.39. The molecule has 1 unspecified atom stereocenters. The van der Waals surface area contributed by atoms with Crippen LogP contribution in [0.3, 0.4) is 0 Å². The third-order valence-corrected chi connectivity index (χ3v) is 5.90. The summed E-state index contributed by atoms with van der Waals surface area (Å²) in [6.45, 7) is 0.395. The van der Waals surface area contributed by atoms with Gasteiger partial charge >= 0.3 is 6.36 Å². The molecule has 1 aromatic heterocycles. The second-order valence-corrected chi connectivity index (χ2v) is 8.29. The standard InChI is InChI=1S/C24H19F3N4O5/c25-24(26,27)36-14-4-1-3-13(9-14)22-29-11-15(35-22)10-28-18-6-2-5-16-17(18)12-31(23(16)34)19-7-8-20(32)30-21(19)33/h1-6,9,11,19,28H,7-8,10,12H2,(H,30,32,33). The summed E-state index contributed by atoms with van der Waals surface area (Å²) in [5.41, 5.74) is 2.15. The number of nitrogens with zero attached hydrogens (tertiary/aromatic N) is 2. The van der Waals surface area contributed by atoms with Gasteiger partial charge in [0.25, 0.3) is 5.91 Å². The zero-order chi connectivity index (χ0) is 25.4. The lowest BCUT2D eigenvalue weighted by atomic mass is 10.0. The molecule has 0 saturated carbocycles. The fourth-order valence-corrected chi connectivity index (χ4v) is 4.28. The Morgan fingerprint density at radius 3 is 2.75 bits per heavy atom. The summed E-state index contributed by atoms with van der Waals surface area (Å²) in [4.78, 5) is 42.3. The molecule has 2 aromatic carbocycles. The number of carbonyl (C=O) groups excluding carboxylic acids is 3. The van der Waals surface area contributed by atoms with Crippen molar-refractivity contribution in [3.05, 3.63) is 65.5 Å². The van der Waals surface area contributed by atoms with Crippen LogP contribution in [0.5, 0.6) is 5.75 Å². The number of imide groups is 1. The van der Waals surface area contributed by atoms with Gasteiger partial charge < -0.3 is 19.4 Å². The number of hydrogen-bond acceptors (Lipinski definition) is 7. The number of alkyl halides is 3. The lowest BCUT2D eigenvalue weighted by Crippen LogP contribution is -2.52. The van der Waals surface area contributed by atoms with E-state index in [2.05, 4.69) is 20.4 Å². The van der Waals surface area contributed by atoms with E-state index in [1.54, 1.807) is 24.3 Å². The van der Waals surface area contributed by atoms with E-state index in [1.807, 2.05) is 0 Å². The SMILES string of the molecule is O=C1CCC(N2Cc3c(NCc4cnc(-c5cccc(OC(F)(F)F)c5)o4)cccc3C2=O)C(=O)N1. The topological polar surface area (TPSA) is 114 Å². The molecule has 36 heavy (non-hydrogen) atoms. The molecular formula is C24H19F3N4O5. The largest absolute Gasteiger partial charge is 0.573 e. The summed E-state index contributed by atoms with van der Waals surface area (Å²) < 4.78 is 47.1. The molecule has 1 fully saturated rings. The number of nitrogens with one attached hydrogen (secondary N) is 2. The smallest absolute Gasteiger partial charge is 0.439 e. The number of halogens is 3. The van der Waals surface area contributed by atoms with E-state index in [0.29, 0.717) is 28.1 Å². The van der Waals surface area contributed by atoms with Crippen LogP contribution in [0.25, 0.3) is 11.5 Å². The number of aromatic nitrogens is 1.